The van der Waals surface area contributed by atoms with Gasteiger partial charge < -0.3 is 14.6 Å². The molecule has 148 valence electrons. The molecule has 0 saturated carbocycles. The molecule has 0 fully saturated rings. The average Bonchev–Trinajstić information content (AvgIpc) is 2.73. The zero-order valence-corrected chi connectivity index (χ0v) is 16.3. The zero-order valence-electron chi connectivity index (χ0n) is 16.3. The molecule has 0 aliphatic carbocycles. The van der Waals surface area contributed by atoms with Crippen LogP contribution in [-0.4, -0.2) is 17.0 Å². The Hall–Kier alpha value is -3.44. The molecular formula is C24H22O5. The van der Waals surface area contributed by atoms with E-state index in [4.69, 9.17) is 9.47 Å². The Morgan fingerprint density at radius 2 is 1.52 bits per heavy atom. The molecule has 0 amide bonds. The van der Waals surface area contributed by atoms with Gasteiger partial charge in [-0.05, 0) is 29.7 Å². The summed E-state index contributed by atoms with van der Waals surface area (Å²) >= 11 is 0. The lowest BCUT2D eigenvalue weighted by Gasteiger charge is -2.22. The molecule has 0 spiro atoms. The number of carbonyl (C=O) groups excluding carboxylic acids is 2. The van der Waals surface area contributed by atoms with Crippen LogP contribution < -0.4 is 4.74 Å². The Kier molecular flexibility index (Phi) is 6.10. The van der Waals surface area contributed by atoms with E-state index in [0.29, 0.717) is 11.3 Å². The third kappa shape index (κ3) is 4.89. The summed E-state index contributed by atoms with van der Waals surface area (Å²) in [6.45, 7) is 2.84. The van der Waals surface area contributed by atoms with Gasteiger partial charge in [0.1, 0.15) is 12.4 Å². The fraction of sp³-hybridized carbons (Fsp3) is 0.167. The maximum atomic E-state index is 12.4. The van der Waals surface area contributed by atoms with E-state index in [2.05, 4.69) is 0 Å². The van der Waals surface area contributed by atoms with Crippen molar-refractivity contribution in [3.8, 4) is 16.9 Å². The van der Waals surface area contributed by atoms with Crippen LogP contribution in [0.2, 0.25) is 0 Å². The van der Waals surface area contributed by atoms with E-state index in [0.717, 1.165) is 16.7 Å². The summed E-state index contributed by atoms with van der Waals surface area (Å²) in [6.07, 6.45) is 0. The minimum atomic E-state index is -1.79. The lowest BCUT2D eigenvalue weighted by atomic mass is 9.93. The molecule has 0 aliphatic rings. The summed E-state index contributed by atoms with van der Waals surface area (Å²) in [5.74, 6) is -0.686. The molecule has 0 aromatic heterocycles. The number of hydrogen-bond donors (Lipinski definition) is 1. The molecule has 0 aliphatic heterocycles. The molecule has 0 bridgehead atoms. The van der Waals surface area contributed by atoms with Gasteiger partial charge in [0.05, 0.1) is 0 Å². The number of rotatable bonds is 6. The molecule has 3 aromatic rings. The minimum Gasteiger partial charge on any atom is -0.458 e. The van der Waals surface area contributed by atoms with E-state index in [9.17, 15) is 14.7 Å². The van der Waals surface area contributed by atoms with Crippen LogP contribution in [0.3, 0.4) is 0 Å². The number of para-hydroxylation sites is 1. The first-order valence-electron chi connectivity index (χ1n) is 9.20. The number of ether oxygens (including phenoxy) is 2. The van der Waals surface area contributed by atoms with Crippen LogP contribution in [0.1, 0.15) is 25.0 Å². The van der Waals surface area contributed by atoms with Gasteiger partial charge in [-0.1, -0.05) is 72.8 Å². The van der Waals surface area contributed by atoms with Crippen LogP contribution in [0.5, 0.6) is 5.75 Å². The predicted octanol–water partition coefficient (Wildman–Crippen LogP) is 4.23. The van der Waals surface area contributed by atoms with Crippen LogP contribution in [0, 0.1) is 0 Å². The molecule has 0 heterocycles. The number of esters is 2. The van der Waals surface area contributed by atoms with E-state index < -0.39 is 17.5 Å². The third-order valence-electron chi connectivity index (χ3n) is 4.51. The summed E-state index contributed by atoms with van der Waals surface area (Å²) in [6, 6.07) is 23.3. The van der Waals surface area contributed by atoms with Crippen LogP contribution in [-0.2, 0) is 26.5 Å². The lowest BCUT2D eigenvalue weighted by molar-refractivity contribution is -0.166. The van der Waals surface area contributed by atoms with Crippen molar-refractivity contribution >= 4 is 11.9 Å². The van der Waals surface area contributed by atoms with Gasteiger partial charge in [-0.15, -0.1) is 0 Å². The van der Waals surface area contributed by atoms with Gasteiger partial charge in [-0.2, -0.15) is 0 Å². The molecule has 5 nitrogen and oxygen atoms in total. The van der Waals surface area contributed by atoms with Gasteiger partial charge in [-0.25, -0.2) is 4.79 Å². The van der Waals surface area contributed by atoms with Crippen molar-refractivity contribution in [2.45, 2.75) is 26.1 Å². The van der Waals surface area contributed by atoms with Gasteiger partial charge in [0.2, 0.25) is 0 Å². The summed E-state index contributed by atoms with van der Waals surface area (Å²) in [5.41, 5.74) is 0.987. The van der Waals surface area contributed by atoms with Gasteiger partial charge in [0.15, 0.2) is 5.60 Å². The second kappa shape index (κ2) is 8.71. The van der Waals surface area contributed by atoms with Crippen LogP contribution in [0.4, 0.5) is 0 Å². The number of carbonyl (C=O) groups is 2. The second-order valence-electron chi connectivity index (χ2n) is 6.80. The largest absolute Gasteiger partial charge is 0.458 e. The third-order valence-corrected chi connectivity index (χ3v) is 4.51. The maximum absolute atomic E-state index is 12.4. The molecule has 3 rings (SSSR count). The average molecular weight is 390 g/mol. The van der Waals surface area contributed by atoms with Crippen molar-refractivity contribution in [3.63, 3.8) is 0 Å². The maximum Gasteiger partial charge on any atom is 0.342 e. The Bertz CT molecular complexity index is 991. The smallest absolute Gasteiger partial charge is 0.342 e. The normalized spacial score (nSPS) is 12.7. The molecule has 29 heavy (non-hydrogen) atoms. The van der Waals surface area contributed by atoms with Crippen LogP contribution in [0.15, 0.2) is 78.9 Å². The van der Waals surface area contributed by atoms with Gasteiger partial charge in [-0.3, -0.25) is 4.79 Å². The Morgan fingerprint density at radius 3 is 2.17 bits per heavy atom. The summed E-state index contributed by atoms with van der Waals surface area (Å²) in [5, 5.41) is 10.7. The second-order valence-corrected chi connectivity index (χ2v) is 6.80. The van der Waals surface area contributed by atoms with Crippen molar-refractivity contribution in [2.75, 3.05) is 0 Å². The molecule has 0 radical (unpaired) electrons. The van der Waals surface area contributed by atoms with Gasteiger partial charge in [0.25, 0.3) is 0 Å². The summed E-state index contributed by atoms with van der Waals surface area (Å²) < 4.78 is 10.5. The molecule has 1 atom stereocenters. The molecule has 1 N–H and O–H groups in total. The van der Waals surface area contributed by atoms with Crippen LogP contribution in [0.25, 0.3) is 11.1 Å². The van der Waals surface area contributed by atoms with Crippen molar-refractivity contribution < 1.29 is 24.2 Å². The van der Waals surface area contributed by atoms with Gasteiger partial charge >= 0.3 is 11.9 Å². The highest BCUT2D eigenvalue weighted by atomic mass is 16.5. The van der Waals surface area contributed by atoms with Crippen molar-refractivity contribution in [2.24, 2.45) is 0 Å². The highest BCUT2D eigenvalue weighted by Crippen LogP contribution is 2.32. The van der Waals surface area contributed by atoms with E-state index in [1.807, 2.05) is 42.5 Å². The van der Waals surface area contributed by atoms with Crippen molar-refractivity contribution in [3.05, 3.63) is 90.0 Å². The fourth-order valence-electron chi connectivity index (χ4n) is 2.90. The standard InChI is InChI=1S/C24H22O5/c1-17(25)29-22-11-7-6-10-21(22)19-12-14-20(15-13-19)24(2,27)23(26)28-16-18-8-4-3-5-9-18/h3-15,27H,16H2,1-2H3. The molecule has 1 unspecified atom stereocenters. The van der Waals surface area contributed by atoms with E-state index in [1.165, 1.54) is 13.8 Å². The highest BCUT2D eigenvalue weighted by molar-refractivity contribution is 5.81. The van der Waals surface area contributed by atoms with Crippen molar-refractivity contribution in [1.82, 2.24) is 0 Å². The fourth-order valence-corrected chi connectivity index (χ4v) is 2.90. The molecule has 3 aromatic carbocycles. The van der Waals surface area contributed by atoms with E-state index in [1.54, 1.807) is 36.4 Å². The monoisotopic (exact) mass is 390 g/mol. The molecule has 0 saturated heterocycles. The Labute approximate surface area is 169 Å². The molecular weight excluding hydrogens is 368 g/mol. The first-order valence-corrected chi connectivity index (χ1v) is 9.20. The van der Waals surface area contributed by atoms with Crippen LogP contribution >= 0.6 is 0 Å². The number of hydrogen-bond acceptors (Lipinski definition) is 5. The first kappa shape index (κ1) is 20.3. The lowest BCUT2D eigenvalue weighted by Crippen LogP contribution is -2.34. The van der Waals surface area contributed by atoms with E-state index in [-0.39, 0.29) is 6.61 Å². The van der Waals surface area contributed by atoms with Gasteiger partial charge in [0, 0.05) is 12.5 Å². The van der Waals surface area contributed by atoms with Crippen molar-refractivity contribution in [1.29, 1.82) is 0 Å². The number of aliphatic hydroxyl groups is 1. The highest BCUT2D eigenvalue weighted by Gasteiger charge is 2.34. The topological polar surface area (TPSA) is 72.8 Å². The number of benzene rings is 3. The SMILES string of the molecule is CC(=O)Oc1ccccc1-c1ccc(C(C)(O)C(=O)OCc2ccccc2)cc1. The predicted molar refractivity (Wildman–Crippen MR) is 109 cm³/mol. The minimum absolute atomic E-state index is 0.0870. The summed E-state index contributed by atoms with van der Waals surface area (Å²) in [7, 11) is 0. The Balaban J connectivity index is 1.77. The Morgan fingerprint density at radius 1 is 0.897 bits per heavy atom. The first-order chi connectivity index (χ1) is 13.9. The quantitative estimate of drug-likeness (QED) is 0.504. The molecule has 5 heteroatoms. The zero-order chi connectivity index (χ0) is 20.9. The summed E-state index contributed by atoms with van der Waals surface area (Å²) in [4.78, 5) is 23.8. The van der Waals surface area contributed by atoms with E-state index >= 15 is 0 Å².